The highest BCUT2D eigenvalue weighted by atomic mass is 14.1. The molecule has 0 heterocycles. The highest BCUT2D eigenvalue weighted by molar-refractivity contribution is 5.27. The van der Waals surface area contributed by atoms with Gasteiger partial charge in [-0.1, -0.05) is 58.9 Å². The predicted octanol–water partition coefficient (Wildman–Crippen LogP) is 4.57. The van der Waals surface area contributed by atoms with Crippen LogP contribution in [0.1, 0.15) is 57.6 Å². The fourth-order valence-corrected chi connectivity index (χ4v) is 1.57. The van der Waals surface area contributed by atoms with Gasteiger partial charge >= 0.3 is 0 Å². The van der Waals surface area contributed by atoms with E-state index in [-0.39, 0.29) is 0 Å². The van der Waals surface area contributed by atoms with Gasteiger partial charge in [0.2, 0.25) is 0 Å². The van der Waals surface area contributed by atoms with Crippen LogP contribution in [-0.2, 0) is 0 Å². The number of hydrogen-bond donors (Lipinski definition) is 0. The van der Waals surface area contributed by atoms with Gasteiger partial charge in [-0.3, -0.25) is 0 Å². The minimum absolute atomic E-state index is 0.637. The Hall–Kier alpha value is -0.780. The van der Waals surface area contributed by atoms with E-state index in [4.69, 9.17) is 0 Å². The molecule has 78 valence electrons. The molecule has 0 fully saturated rings. The normalized spacial score (nSPS) is 13.6. The number of rotatable bonds is 3. The quantitative estimate of drug-likeness (QED) is 0.655. The lowest BCUT2D eigenvalue weighted by molar-refractivity contribution is 0.535. The minimum Gasteiger partial charge on any atom is -0.0622 e. The first-order chi connectivity index (χ1) is 6.52. The van der Waals surface area contributed by atoms with Crippen LogP contribution >= 0.6 is 0 Å². The molecule has 0 saturated carbocycles. The summed E-state index contributed by atoms with van der Waals surface area (Å²) in [5.74, 6) is 2.02. The maximum Gasteiger partial charge on any atom is -0.0167 e. The summed E-state index contributed by atoms with van der Waals surface area (Å²) < 4.78 is 0. The number of benzene rings is 1. The summed E-state index contributed by atoms with van der Waals surface area (Å²) >= 11 is 0. The van der Waals surface area contributed by atoms with Gasteiger partial charge in [0.15, 0.2) is 0 Å². The number of hydrogen-bond acceptors (Lipinski definition) is 0. The zero-order chi connectivity index (χ0) is 10.7. The SMILES string of the molecule is CC(C)c1ccc([C@H](C)C(C)C)cc1. The highest BCUT2D eigenvalue weighted by Gasteiger charge is 2.09. The summed E-state index contributed by atoms with van der Waals surface area (Å²) in [6, 6.07) is 9.08. The Morgan fingerprint density at radius 1 is 0.714 bits per heavy atom. The van der Waals surface area contributed by atoms with Gasteiger partial charge in [0, 0.05) is 0 Å². The second kappa shape index (κ2) is 4.63. The van der Waals surface area contributed by atoms with Crippen LogP contribution in [-0.4, -0.2) is 0 Å². The average molecular weight is 190 g/mol. The summed E-state index contributed by atoms with van der Waals surface area (Å²) in [5, 5.41) is 0. The zero-order valence-electron chi connectivity index (χ0n) is 10.0. The molecule has 0 spiro atoms. The maximum absolute atomic E-state index is 2.30. The molecule has 14 heavy (non-hydrogen) atoms. The van der Waals surface area contributed by atoms with Crippen LogP contribution < -0.4 is 0 Å². The summed E-state index contributed by atoms with van der Waals surface area (Å²) in [7, 11) is 0. The molecule has 0 aliphatic rings. The van der Waals surface area contributed by atoms with Crippen LogP contribution in [0.2, 0.25) is 0 Å². The standard InChI is InChI=1S/C14H22/c1-10(2)12(5)14-8-6-13(7-9-14)11(3)4/h6-12H,1-5H3/t12-/m1/s1. The van der Waals surface area contributed by atoms with Gasteiger partial charge in [-0.05, 0) is 28.9 Å². The van der Waals surface area contributed by atoms with E-state index in [2.05, 4.69) is 58.9 Å². The van der Waals surface area contributed by atoms with E-state index in [0.29, 0.717) is 11.8 Å². The third kappa shape index (κ3) is 2.60. The maximum atomic E-state index is 2.30. The van der Waals surface area contributed by atoms with Crippen molar-refractivity contribution in [2.24, 2.45) is 5.92 Å². The Morgan fingerprint density at radius 3 is 1.50 bits per heavy atom. The molecule has 1 atom stereocenters. The first-order valence-electron chi connectivity index (χ1n) is 5.62. The van der Waals surface area contributed by atoms with Crippen LogP contribution in [0.5, 0.6) is 0 Å². The molecule has 0 aliphatic carbocycles. The third-order valence-corrected chi connectivity index (χ3v) is 3.13. The van der Waals surface area contributed by atoms with Crippen molar-refractivity contribution in [2.45, 2.75) is 46.5 Å². The molecule has 0 aromatic heterocycles. The van der Waals surface area contributed by atoms with Gasteiger partial charge in [0.05, 0.1) is 0 Å². The fourth-order valence-electron chi connectivity index (χ4n) is 1.57. The molecule has 1 rings (SSSR count). The lowest BCUT2D eigenvalue weighted by Crippen LogP contribution is -2.02. The Balaban J connectivity index is 2.83. The van der Waals surface area contributed by atoms with E-state index in [9.17, 15) is 0 Å². The van der Waals surface area contributed by atoms with E-state index < -0.39 is 0 Å². The van der Waals surface area contributed by atoms with Crippen molar-refractivity contribution in [3.63, 3.8) is 0 Å². The van der Waals surface area contributed by atoms with Crippen LogP contribution in [0.15, 0.2) is 24.3 Å². The Kier molecular flexibility index (Phi) is 3.74. The van der Waals surface area contributed by atoms with Crippen molar-refractivity contribution in [3.8, 4) is 0 Å². The van der Waals surface area contributed by atoms with E-state index in [1.165, 1.54) is 11.1 Å². The topological polar surface area (TPSA) is 0 Å². The van der Waals surface area contributed by atoms with Gasteiger partial charge in [0.25, 0.3) is 0 Å². The first kappa shape index (κ1) is 11.3. The molecule has 0 bridgehead atoms. The van der Waals surface area contributed by atoms with Crippen LogP contribution in [0, 0.1) is 5.92 Å². The molecule has 0 heteroatoms. The molecule has 0 nitrogen and oxygen atoms in total. The zero-order valence-corrected chi connectivity index (χ0v) is 10.0. The molecule has 1 aromatic carbocycles. The van der Waals surface area contributed by atoms with Crippen molar-refractivity contribution < 1.29 is 0 Å². The summed E-state index contributed by atoms with van der Waals surface area (Å²) in [6.45, 7) is 11.3. The van der Waals surface area contributed by atoms with Crippen molar-refractivity contribution in [1.29, 1.82) is 0 Å². The molecule has 0 N–H and O–H groups in total. The minimum atomic E-state index is 0.637. The molecule has 1 aromatic rings. The lowest BCUT2D eigenvalue weighted by Gasteiger charge is -2.16. The van der Waals surface area contributed by atoms with E-state index in [0.717, 1.165) is 5.92 Å². The molecule has 0 radical (unpaired) electrons. The van der Waals surface area contributed by atoms with E-state index >= 15 is 0 Å². The highest BCUT2D eigenvalue weighted by Crippen LogP contribution is 2.25. The molecule has 0 unspecified atom stereocenters. The van der Waals surface area contributed by atoms with Gasteiger partial charge in [-0.25, -0.2) is 0 Å². The molecule has 0 aliphatic heterocycles. The van der Waals surface area contributed by atoms with Gasteiger partial charge in [-0.15, -0.1) is 0 Å². The van der Waals surface area contributed by atoms with Gasteiger partial charge < -0.3 is 0 Å². The predicted molar refractivity (Wildman–Crippen MR) is 63.8 cm³/mol. The Labute approximate surface area is 88.4 Å². The van der Waals surface area contributed by atoms with Gasteiger partial charge in [-0.2, -0.15) is 0 Å². The smallest absolute Gasteiger partial charge is 0.0167 e. The summed E-state index contributed by atoms with van der Waals surface area (Å²) in [6.07, 6.45) is 0. The third-order valence-electron chi connectivity index (χ3n) is 3.13. The summed E-state index contributed by atoms with van der Waals surface area (Å²) in [5.41, 5.74) is 2.90. The second-order valence-electron chi connectivity index (χ2n) is 4.85. The Morgan fingerprint density at radius 2 is 1.14 bits per heavy atom. The van der Waals surface area contributed by atoms with Crippen LogP contribution in [0.4, 0.5) is 0 Å². The monoisotopic (exact) mass is 190 g/mol. The summed E-state index contributed by atoms with van der Waals surface area (Å²) in [4.78, 5) is 0. The van der Waals surface area contributed by atoms with Crippen molar-refractivity contribution >= 4 is 0 Å². The fraction of sp³-hybridized carbons (Fsp3) is 0.571. The second-order valence-corrected chi connectivity index (χ2v) is 4.85. The van der Waals surface area contributed by atoms with Crippen molar-refractivity contribution in [1.82, 2.24) is 0 Å². The average Bonchev–Trinajstić information content (AvgIpc) is 2.16. The van der Waals surface area contributed by atoms with Crippen molar-refractivity contribution in [3.05, 3.63) is 35.4 Å². The van der Waals surface area contributed by atoms with E-state index in [1.54, 1.807) is 0 Å². The largest absolute Gasteiger partial charge is 0.0622 e. The van der Waals surface area contributed by atoms with Crippen LogP contribution in [0.25, 0.3) is 0 Å². The molecule has 0 amide bonds. The van der Waals surface area contributed by atoms with Crippen molar-refractivity contribution in [2.75, 3.05) is 0 Å². The molecular formula is C14H22. The van der Waals surface area contributed by atoms with E-state index in [1.807, 2.05) is 0 Å². The van der Waals surface area contributed by atoms with Gasteiger partial charge in [0.1, 0.15) is 0 Å². The first-order valence-corrected chi connectivity index (χ1v) is 5.62. The van der Waals surface area contributed by atoms with Crippen LogP contribution in [0.3, 0.4) is 0 Å². The molecule has 0 saturated heterocycles. The Bertz CT molecular complexity index is 267. The lowest BCUT2D eigenvalue weighted by atomic mass is 9.89. The molecular weight excluding hydrogens is 168 g/mol.